The Labute approximate surface area is 67.1 Å². The Morgan fingerprint density at radius 2 is 1.40 bits per heavy atom. The first-order valence-electron chi connectivity index (χ1n) is 4.12. The van der Waals surface area contributed by atoms with Crippen LogP contribution >= 0.6 is 9.24 Å². The SMILES string of the molecule is CCCCCCCCP.O. The van der Waals surface area contributed by atoms with Crippen LogP contribution in [-0.2, 0) is 0 Å². The third-order valence-electron chi connectivity index (χ3n) is 1.56. The number of hydrogen-bond donors (Lipinski definition) is 0. The molecule has 0 aromatic heterocycles. The molecule has 0 spiro atoms. The van der Waals surface area contributed by atoms with Gasteiger partial charge >= 0.3 is 0 Å². The first-order chi connectivity index (χ1) is 4.41. The average molecular weight is 164 g/mol. The van der Waals surface area contributed by atoms with Crippen molar-refractivity contribution in [2.24, 2.45) is 0 Å². The van der Waals surface area contributed by atoms with Crippen molar-refractivity contribution >= 4 is 9.24 Å². The lowest BCUT2D eigenvalue weighted by Crippen LogP contribution is -1.78. The second-order valence-corrected chi connectivity index (χ2v) is 3.13. The summed E-state index contributed by atoms with van der Waals surface area (Å²) < 4.78 is 0. The highest BCUT2D eigenvalue weighted by Gasteiger charge is 1.85. The Balaban J connectivity index is 0. The molecular formula is C8H21OP. The summed E-state index contributed by atoms with van der Waals surface area (Å²) in [5.41, 5.74) is 0. The first-order valence-corrected chi connectivity index (χ1v) is 4.93. The van der Waals surface area contributed by atoms with Crippen LogP contribution < -0.4 is 0 Å². The lowest BCUT2D eigenvalue weighted by molar-refractivity contribution is 0.627. The number of unbranched alkanes of at least 4 members (excludes halogenated alkanes) is 5. The van der Waals surface area contributed by atoms with Crippen molar-refractivity contribution in [2.45, 2.75) is 45.4 Å². The van der Waals surface area contributed by atoms with E-state index in [1.54, 1.807) is 0 Å². The van der Waals surface area contributed by atoms with Crippen molar-refractivity contribution in [1.82, 2.24) is 0 Å². The van der Waals surface area contributed by atoms with Crippen LogP contribution in [0.5, 0.6) is 0 Å². The molecule has 1 unspecified atom stereocenters. The van der Waals surface area contributed by atoms with E-state index < -0.39 is 0 Å². The topological polar surface area (TPSA) is 31.5 Å². The Morgan fingerprint density at radius 1 is 0.900 bits per heavy atom. The lowest BCUT2D eigenvalue weighted by atomic mass is 10.1. The predicted octanol–water partition coefficient (Wildman–Crippen LogP) is 2.40. The van der Waals surface area contributed by atoms with E-state index in [0.717, 1.165) is 0 Å². The number of rotatable bonds is 6. The van der Waals surface area contributed by atoms with Gasteiger partial charge in [0, 0.05) is 0 Å². The Hall–Kier alpha value is 0.390. The summed E-state index contributed by atoms with van der Waals surface area (Å²) in [6.45, 7) is 2.26. The summed E-state index contributed by atoms with van der Waals surface area (Å²) in [5, 5.41) is 0. The van der Waals surface area contributed by atoms with Crippen LogP contribution in [0.25, 0.3) is 0 Å². The highest BCUT2D eigenvalue weighted by atomic mass is 31.0. The van der Waals surface area contributed by atoms with Gasteiger partial charge < -0.3 is 5.48 Å². The molecule has 10 heavy (non-hydrogen) atoms. The molecule has 0 radical (unpaired) electrons. The van der Waals surface area contributed by atoms with E-state index >= 15 is 0 Å². The standard InChI is InChI=1S/C8H19P.H2O/c1-2-3-4-5-6-7-8-9;/h2-9H2,1H3;1H2. The second-order valence-electron chi connectivity index (χ2n) is 2.56. The molecule has 0 heterocycles. The molecule has 0 saturated heterocycles. The van der Waals surface area contributed by atoms with Gasteiger partial charge in [-0.2, -0.15) is 0 Å². The van der Waals surface area contributed by atoms with Gasteiger partial charge in [-0.15, -0.1) is 9.24 Å². The van der Waals surface area contributed by atoms with Crippen LogP contribution in [-0.4, -0.2) is 11.6 Å². The van der Waals surface area contributed by atoms with Crippen LogP contribution in [0, 0.1) is 0 Å². The van der Waals surface area contributed by atoms with Crippen molar-refractivity contribution in [3.63, 3.8) is 0 Å². The van der Waals surface area contributed by atoms with Crippen LogP contribution in [0.15, 0.2) is 0 Å². The smallest absolute Gasteiger partial charge is 0.0381 e. The fourth-order valence-corrected chi connectivity index (χ4v) is 1.21. The van der Waals surface area contributed by atoms with Crippen molar-refractivity contribution in [3.8, 4) is 0 Å². The van der Waals surface area contributed by atoms with E-state index in [4.69, 9.17) is 0 Å². The molecule has 2 N–H and O–H groups in total. The zero-order valence-corrected chi connectivity index (χ0v) is 8.18. The summed E-state index contributed by atoms with van der Waals surface area (Å²) in [6.07, 6.45) is 9.80. The molecule has 0 rings (SSSR count). The van der Waals surface area contributed by atoms with Gasteiger partial charge in [-0.1, -0.05) is 39.0 Å². The van der Waals surface area contributed by atoms with Crippen molar-refractivity contribution in [1.29, 1.82) is 0 Å². The third kappa shape index (κ3) is 11.2. The monoisotopic (exact) mass is 164 g/mol. The largest absolute Gasteiger partial charge is 0.412 e. The van der Waals surface area contributed by atoms with E-state index in [1.165, 1.54) is 44.7 Å². The zero-order valence-electron chi connectivity index (χ0n) is 7.03. The highest BCUT2D eigenvalue weighted by molar-refractivity contribution is 7.16. The van der Waals surface area contributed by atoms with E-state index in [2.05, 4.69) is 16.2 Å². The molecule has 0 amide bonds. The Kier molecular flexibility index (Phi) is 15.8. The van der Waals surface area contributed by atoms with Gasteiger partial charge in [0.2, 0.25) is 0 Å². The molecule has 1 atom stereocenters. The maximum absolute atomic E-state index is 2.78. The van der Waals surface area contributed by atoms with Gasteiger partial charge in [0.15, 0.2) is 0 Å². The molecule has 1 nitrogen and oxygen atoms in total. The maximum atomic E-state index is 2.78. The molecule has 0 aliphatic heterocycles. The molecule has 0 fully saturated rings. The van der Waals surface area contributed by atoms with E-state index in [-0.39, 0.29) is 5.48 Å². The van der Waals surface area contributed by atoms with Gasteiger partial charge in [0.05, 0.1) is 0 Å². The minimum atomic E-state index is 0. The summed E-state index contributed by atoms with van der Waals surface area (Å²) in [7, 11) is 2.78. The molecule has 0 aromatic carbocycles. The molecule has 0 saturated carbocycles. The molecular weight excluding hydrogens is 143 g/mol. The maximum Gasteiger partial charge on any atom is -0.0381 e. The van der Waals surface area contributed by atoms with Crippen molar-refractivity contribution in [2.75, 3.05) is 6.16 Å². The predicted molar refractivity (Wildman–Crippen MR) is 51.6 cm³/mol. The van der Waals surface area contributed by atoms with Crippen LogP contribution in [0.4, 0.5) is 0 Å². The van der Waals surface area contributed by atoms with E-state index in [1.807, 2.05) is 0 Å². The van der Waals surface area contributed by atoms with Crippen molar-refractivity contribution in [3.05, 3.63) is 0 Å². The molecule has 0 aliphatic rings. The Bertz CT molecular complexity index is 42.5. The fourth-order valence-electron chi connectivity index (χ4n) is 0.925. The molecule has 0 aromatic rings. The summed E-state index contributed by atoms with van der Waals surface area (Å²) in [5.74, 6) is 0. The summed E-state index contributed by atoms with van der Waals surface area (Å²) in [6, 6.07) is 0. The van der Waals surface area contributed by atoms with E-state index in [0.29, 0.717) is 0 Å². The molecule has 2 heteroatoms. The lowest BCUT2D eigenvalue weighted by Gasteiger charge is -1.96. The summed E-state index contributed by atoms with van der Waals surface area (Å²) in [4.78, 5) is 0. The van der Waals surface area contributed by atoms with Gasteiger partial charge in [-0.3, -0.25) is 0 Å². The highest BCUT2D eigenvalue weighted by Crippen LogP contribution is 2.05. The number of hydrogen-bond acceptors (Lipinski definition) is 0. The molecule has 0 bridgehead atoms. The Morgan fingerprint density at radius 3 is 1.90 bits per heavy atom. The second kappa shape index (κ2) is 12.1. The van der Waals surface area contributed by atoms with Crippen LogP contribution in [0.2, 0.25) is 0 Å². The fraction of sp³-hybridized carbons (Fsp3) is 1.00. The van der Waals surface area contributed by atoms with E-state index in [9.17, 15) is 0 Å². The van der Waals surface area contributed by atoms with Crippen LogP contribution in [0.1, 0.15) is 45.4 Å². The molecule has 0 aliphatic carbocycles. The van der Waals surface area contributed by atoms with Gasteiger partial charge in [0.25, 0.3) is 0 Å². The van der Waals surface area contributed by atoms with Gasteiger partial charge in [-0.25, -0.2) is 0 Å². The first kappa shape index (κ1) is 13.0. The quantitative estimate of drug-likeness (QED) is 0.426. The normalized spacial score (nSPS) is 9.00. The van der Waals surface area contributed by atoms with Crippen molar-refractivity contribution < 1.29 is 5.48 Å². The van der Waals surface area contributed by atoms with Crippen LogP contribution in [0.3, 0.4) is 0 Å². The van der Waals surface area contributed by atoms with Gasteiger partial charge in [0.1, 0.15) is 0 Å². The third-order valence-corrected chi connectivity index (χ3v) is 1.97. The molecule has 64 valence electrons. The summed E-state index contributed by atoms with van der Waals surface area (Å²) >= 11 is 0. The minimum absolute atomic E-state index is 0. The zero-order chi connectivity index (χ0) is 6.95. The average Bonchev–Trinajstić information content (AvgIpc) is 1.89. The minimum Gasteiger partial charge on any atom is -0.412 e. The van der Waals surface area contributed by atoms with Gasteiger partial charge in [-0.05, 0) is 12.6 Å².